The molecule has 0 aliphatic heterocycles. The molecule has 1 fully saturated rings. The van der Waals surface area contributed by atoms with E-state index in [0.29, 0.717) is 0 Å². The zero-order chi connectivity index (χ0) is 22.1. The maximum Gasteiger partial charge on any atom is 0.486 e. The van der Waals surface area contributed by atoms with Crippen molar-refractivity contribution in [2.75, 3.05) is 0 Å². The van der Waals surface area contributed by atoms with Crippen molar-refractivity contribution in [3.05, 3.63) is 26.6 Å². The van der Waals surface area contributed by atoms with Crippen molar-refractivity contribution >= 4 is 43.0 Å². The molecule has 0 spiro atoms. The summed E-state index contributed by atoms with van der Waals surface area (Å²) in [7, 11) is 0. The van der Waals surface area contributed by atoms with E-state index in [1.807, 2.05) is 0 Å². The third-order valence-electron chi connectivity index (χ3n) is 3.88. The molecular formula is C13H4Br2F11OS. The van der Waals surface area contributed by atoms with Crippen LogP contribution >= 0.6 is 31.9 Å². The van der Waals surface area contributed by atoms with Crippen LogP contribution in [0.2, 0.25) is 0 Å². The Morgan fingerprint density at radius 1 is 1.04 bits per heavy atom. The van der Waals surface area contributed by atoms with Crippen molar-refractivity contribution in [1.82, 2.24) is 0 Å². The molecule has 0 aromatic heterocycles. The Bertz CT molecular complexity index is 780. The molecule has 159 valence electrons. The average molecular weight is 577 g/mol. The van der Waals surface area contributed by atoms with Crippen molar-refractivity contribution in [2.45, 2.75) is 46.4 Å². The van der Waals surface area contributed by atoms with Gasteiger partial charge in [0.05, 0.1) is 17.1 Å². The van der Waals surface area contributed by atoms with Crippen LogP contribution in [-0.2, 0) is 11.2 Å². The van der Waals surface area contributed by atoms with Crippen molar-refractivity contribution in [2.24, 2.45) is 0 Å². The molecule has 1 aromatic rings. The number of hydrogen-bond donors (Lipinski definition) is 0. The predicted octanol–water partition coefficient (Wildman–Crippen LogP) is 6.67. The number of benzene rings is 1. The van der Waals surface area contributed by atoms with E-state index >= 15 is 0 Å². The standard InChI is InChI=1S/C13H4Br2F11OS/c14-4-1-6(15)8(5-3-9(16,17)10(5,18)19)7(2-4)28(27)13(25,26)11(20,21)12(22,23)24/h2,5H,3H2. The van der Waals surface area contributed by atoms with E-state index in [1.165, 1.54) is 0 Å². The first-order valence-corrected chi connectivity index (χ1v) is 9.43. The first-order chi connectivity index (χ1) is 12.3. The largest absolute Gasteiger partial charge is 0.607 e. The predicted molar refractivity (Wildman–Crippen MR) is 80.3 cm³/mol. The minimum Gasteiger partial charge on any atom is -0.607 e. The van der Waals surface area contributed by atoms with Gasteiger partial charge >= 0.3 is 29.2 Å². The van der Waals surface area contributed by atoms with Crippen molar-refractivity contribution in [3.63, 3.8) is 0 Å². The van der Waals surface area contributed by atoms with Crippen LogP contribution in [0.4, 0.5) is 48.3 Å². The molecule has 15 heteroatoms. The van der Waals surface area contributed by atoms with Crippen molar-refractivity contribution < 1.29 is 52.8 Å². The highest BCUT2D eigenvalue weighted by atomic mass is 79.9. The second-order valence-corrected chi connectivity index (χ2v) is 8.79. The Balaban J connectivity index is 2.64. The van der Waals surface area contributed by atoms with Gasteiger partial charge in [-0.05, 0) is 31.9 Å². The highest BCUT2D eigenvalue weighted by Crippen LogP contribution is 2.62. The molecule has 28 heavy (non-hydrogen) atoms. The van der Waals surface area contributed by atoms with Gasteiger partial charge in [-0.3, -0.25) is 0 Å². The van der Waals surface area contributed by atoms with E-state index in [-0.39, 0.29) is 6.07 Å². The molecular weight excluding hydrogens is 573 g/mol. The van der Waals surface area contributed by atoms with Crippen LogP contribution < -0.4 is 0 Å². The average Bonchev–Trinajstić information content (AvgIpc) is 2.50. The smallest absolute Gasteiger partial charge is 0.486 e. The van der Waals surface area contributed by atoms with Crippen molar-refractivity contribution in [1.29, 1.82) is 0 Å². The molecule has 1 aliphatic rings. The number of rotatable bonds is 4. The molecule has 0 bridgehead atoms. The minimum atomic E-state index is -6.82. The topological polar surface area (TPSA) is 23.1 Å². The number of hydrogen-bond acceptors (Lipinski definition) is 1. The normalized spacial score (nSPS) is 23.3. The van der Waals surface area contributed by atoms with Crippen LogP contribution in [0.5, 0.6) is 0 Å². The zero-order valence-electron chi connectivity index (χ0n) is 12.6. The van der Waals surface area contributed by atoms with Gasteiger partial charge in [0.1, 0.15) is 0 Å². The van der Waals surface area contributed by atoms with Gasteiger partial charge in [-0.15, -0.1) is 8.78 Å². The summed E-state index contributed by atoms with van der Waals surface area (Å²) < 4.78 is 155. The lowest BCUT2D eigenvalue weighted by molar-refractivity contribution is -0.332. The van der Waals surface area contributed by atoms with E-state index in [0.717, 1.165) is 0 Å². The highest BCUT2D eigenvalue weighted by molar-refractivity contribution is 9.11. The Morgan fingerprint density at radius 2 is 1.54 bits per heavy atom. The van der Waals surface area contributed by atoms with Gasteiger partial charge in [0.15, 0.2) is 4.90 Å². The Kier molecular flexibility index (Phi) is 5.89. The lowest BCUT2D eigenvalue weighted by atomic mass is 9.72. The lowest BCUT2D eigenvalue weighted by Gasteiger charge is -2.44. The summed E-state index contributed by atoms with van der Waals surface area (Å²) >= 11 is 0.587. The van der Waals surface area contributed by atoms with Crippen LogP contribution in [0.15, 0.2) is 19.9 Å². The summed E-state index contributed by atoms with van der Waals surface area (Å²) in [6, 6.07) is 2.42. The molecule has 2 rings (SSSR count). The molecule has 1 radical (unpaired) electrons. The highest BCUT2D eigenvalue weighted by Gasteiger charge is 2.81. The summed E-state index contributed by atoms with van der Waals surface area (Å²) in [5, 5.41) is -6.29. The van der Waals surface area contributed by atoms with E-state index in [1.54, 1.807) is 0 Å². The van der Waals surface area contributed by atoms with Crippen LogP contribution in [0.25, 0.3) is 0 Å². The van der Waals surface area contributed by atoms with Gasteiger partial charge in [-0.25, -0.2) is 0 Å². The van der Waals surface area contributed by atoms with E-state index in [9.17, 15) is 52.8 Å². The monoisotopic (exact) mass is 575 g/mol. The van der Waals surface area contributed by atoms with E-state index < -0.39 is 72.1 Å². The molecule has 1 saturated carbocycles. The van der Waals surface area contributed by atoms with Gasteiger partial charge in [-0.2, -0.15) is 39.5 Å². The van der Waals surface area contributed by atoms with E-state index in [2.05, 4.69) is 37.9 Å². The number of halogens is 13. The molecule has 0 N–H and O–H groups in total. The van der Waals surface area contributed by atoms with Crippen molar-refractivity contribution in [3.8, 4) is 0 Å². The fourth-order valence-corrected chi connectivity index (χ4v) is 5.31. The summed E-state index contributed by atoms with van der Waals surface area (Å²) in [5.74, 6) is -18.8. The van der Waals surface area contributed by atoms with E-state index in [4.69, 9.17) is 0 Å². The molecule has 1 nitrogen and oxygen atoms in total. The second-order valence-electron chi connectivity index (χ2n) is 5.65. The van der Waals surface area contributed by atoms with Gasteiger partial charge in [0.25, 0.3) is 0 Å². The Hall–Kier alpha value is -0.280. The van der Waals surface area contributed by atoms with Gasteiger partial charge in [0.2, 0.25) is 0 Å². The molecule has 2 atom stereocenters. The quantitative estimate of drug-likeness (QED) is 0.290. The minimum absolute atomic E-state index is 0.281. The fourth-order valence-electron chi connectivity index (χ4n) is 2.33. The van der Waals surface area contributed by atoms with Gasteiger partial charge < -0.3 is 4.55 Å². The van der Waals surface area contributed by atoms with Gasteiger partial charge in [-0.1, -0.05) is 0 Å². The van der Waals surface area contributed by atoms with Crippen LogP contribution in [-0.4, -0.2) is 33.8 Å². The summed E-state index contributed by atoms with van der Waals surface area (Å²) in [6.45, 7) is 0. The maximum absolute atomic E-state index is 13.8. The summed E-state index contributed by atoms with van der Waals surface area (Å²) in [6.07, 6.45) is -8.46. The summed E-state index contributed by atoms with van der Waals surface area (Å²) in [5.41, 5.74) is -1.23. The Morgan fingerprint density at radius 3 is 1.93 bits per heavy atom. The third-order valence-corrected chi connectivity index (χ3v) is 6.39. The first kappa shape index (κ1) is 24.0. The summed E-state index contributed by atoms with van der Waals surface area (Å²) in [4.78, 5) is -1.59. The number of alkyl halides is 11. The van der Waals surface area contributed by atoms with Crippen LogP contribution in [0.3, 0.4) is 0 Å². The molecule has 0 amide bonds. The molecule has 1 aliphatic carbocycles. The van der Waals surface area contributed by atoms with Crippen LogP contribution in [0.1, 0.15) is 17.9 Å². The lowest BCUT2D eigenvalue weighted by Crippen LogP contribution is -2.58. The SMILES string of the molecule is [O-][S+](c1cc(Br)[c]c(Br)c1C1CC(F)(F)C1(F)F)C(F)(F)C(F)(F)C(F)(F)F. The molecule has 0 heterocycles. The molecule has 1 aromatic carbocycles. The first-order valence-electron chi connectivity index (χ1n) is 6.70. The second kappa shape index (κ2) is 6.87. The van der Waals surface area contributed by atoms with Crippen LogP contribution in [0, 0.1) is 6.07 Å². The molecule has 0 saturated heterocycles. The zero-order valence-corrected chi connectivity index (χ0v) is 16.6. The molecule has 2 unspecified atom stereocenters. The fraction of sp³-hybridized carbons (Fsp3) is 0.538. The van der Waals surface area contributed by atoms with Gasteiger partial charge in [0, 0.05) is 33.1 Å². The Labute approximate surface area is 169 Å². The third kappa shape index (κ3) is 3.43. The maximum atomic E-state index is 13.8.